The van der Waals surface area contributed by atoms with Gasteiger partial charge in [-0.05, 0) is 68.5 Å². The van der Waals surface area contributed by atoms with E-state index in [1.54, 1.807) is 0 Å². The van der Waals surface area contributed by atoms with Gasteiger partial charge in [-0.3, -0.25) is 0 Å². The molecule has 5 heteroatoms. The molecule has 0 aliphatic heterocycles. The molecule has 0 heterocycles. The van der Waals surface area contributed by atoms with Gasteiger partial charge in [0, 0.05) is 12.6 Å². The zero-order valence-electron chi connectivity index (χ0n) is 13.3. The van der Waals surface area contributed by atoms with Crippen LogP contribution < -0.4 is 10.1 Å². The second-order valence-electron chi connectivity index (χ2n) is 5.35. The monoisotopic (exact) mass is 461 g/mol. The highest BCUT2D eigenvalue weighted by Gasteiger charge is 2.10. The van der Waals surface area contributed by atoms with E-state index in [0.29, 0.717) is 12.6 Å². The third kappa shape index (κ3) is 6.46. The third-order valence-corrected chi connectivity index (χ3v) is 4.73. The van der Waals surface area contributed by atoms with E-state index in [1.807, 2.05) is 18.2 Å². The van der Waals surface area contributed by atoms with Crippen molar-refractivity contribution in [2.24, 2.45) is 0 Å². The lowest BCUT2D eigenvalue weighted by Gasteiger charge is -2.15. The highest BCUT2D eigenvalue weighted by atomic mass is 79.9. The average Bonchev–Trinajstić information content (AvgIpc) is 2.52. The maximum absolute atomic E-state index is 5.94. The van der Waals surface area contributed by atoms with Crippen LogP contribution >= 0.6 is 44.3 Å². The van der Waals surface area contributed by atoms with Gasteiger partial charge in [-0.25, -0.2) is 0 Å². The highest BCUT2D eigenvalue weighted by Crippen LogP contribution is 2.35. The Morgan fingerprint density at radius 3 is 2.22 bits per heavy atom. The molecule has 0 bridgehead atoms. The van der Waals surface area contributed by atoms with Crippen LogP contribution in [0.1, 0.15) is 31.4 Å². The van der Waals surface area contributed by atoms with Crippen LogP contribution in [0.15, 0.2) is 51.4 Å². The molecular formula is C18H22Br2ClNO. The molecule has 0 aromatic heterocycles. The smallest absolute Gasteiger partial charge is 0.148 e. The molecule has 0 amide bonds. The van der Waals surface area contributed by atoms with Gasteiger partial charge in [0.25, 0.3) is 0 Å². The van der Waals surface area contributed by atoms with Gasteiger partial charge < -0.3 is 10.1 Å². The zero-order valence-corrected chi connectivity index (χ0v) is 17.3. The van der Waals surface area contributed by atoms with Crippen LogP contribution in [0, 0.1) is 0 Å². The molecule has 1 unspecified atom stereocenters. The largest absolute Gasteiger partial charge is 0.487 e. The van der Waals surface area contributed by atoms with E-state index in [-0.39, 0.29) is 12.4 Å². The van der Waals surface area contributed by atoms with Gasteiger partial charge in [-0.1, -0.05) is 37.3 Å². The first kappa shape index (κ1) is 20.5. The fourth-order valence-electron chi connectivity index (χ4n) is 2.02. The van der Waals surface area contributed by atoms with E-state index in [1.165, 1.54) is 5.56 Å². The molecule has 2 aromatic rings. The molecule has 1 N–H and O–H groups in total. The summed E-state index contributed by atoms with van der Waals surface area (Å²) in [6, 6.07) is 14.9. The summed E-state index contributed by atoms with van der Waals surface area (Å²) in [6.45, 7) is 5.79. The number of benzene rings is 2. The molecule has 0 radical (unpaired) electrons. The fraction of sp³-hybridized carbons (Fsp3) is 0.333. The Labute approximate surface area is 161 Å². The van der Waals surface area contributed by atoms with Crippen LogP contribution in [-0.2, 0) is 13.2 Å². The van der Waals surface area contributed by atoms with Crippen LogP contribution in [0.5, 0.6) is 5.75 Å². The highest BCUT2D eigenvalue weighted by molar-refractivity contribution is 9.11. The molecular weight excluding hydrogens is 441 g/mol. The van der Waals surface area contributed by atoms with Crippen molar-refractivity contribution >= 4 is 44.3 Å². The molecule has 0 spiro atoms. The van der Waals surface area contributed by atoms with E-state index in [2.05, 4.69) is 75.3 Å². The normalized spacial score (nSPS) is 11.7. The lowest BCUT2D eigenvalue weighted by atomic mass is 10.2. The molecule has 0 saturated heterocycles. The van der Waals surface area contributed by atoms with Crippen molar-refractivity contribution in [1.29, 1.82) is 0 Å². The summed E-state index contributed by atoms with van der Waals surface area (Å²) in [6.07, 6.45) is 1.13. The van der Waals surface area contributed by atoms with Gasteiger partial charge in [0.05, 0.1) is 8.95 Å². The first-order valence-electron chi connectivity index (χ1n) is 7.48. The number of ether oxygens (including phenoxy) is 1. The van der Waals surface area contributed by atoms with Gasteiger partial charge in [0.15, 0.2) is 0 Å². The topological polar surface area (TPSA) is 21.3 Å². The number of nitrogens with one attached hydrogen (secondary N) is 1. The number of rotatable bonds is 7. The summed E-state index contributed by atoms with van der Waals surface area (Å²) in [5.41, 5.74) is 2.38. The van der Waals surface area contributed by atoms with E-state index in [0.717, 1.165) is 33.2 Å². The van der Waals surface area contributed by atoms with E-state index >= 15 is 0 Å². The minimum Gasteiger partial charge on any atom is -0.487 e. The minimum absolute atomic E-state index is 0. The Morgan fingerprint density at radius 2 is 1.65 bits per heavy atom. The second kappa shape index (κ2) is 10.3. The van der Waals surface area contributed by atoms with Crippen molar-refractivity contribution in [2.75, 3.05) is 0 Å². The standard InChI is InChI=1S/C18H21Br2NO.ClH/c1-3-13(2)21-11-15-9-16(19)18(17(20)10-15)22-12-14-7-5-4-6-8-14;/h4-10,13,21H,3,11-12H2,1-2H3;1H. The molecule has 0 aliphatic rings. The SMILES string of the molecule is CCC(C)NCc1cc(Br)c(OCc2ccccc2)c(Br)c1.Cl. The Kier molecular flexibility index (Phi) is 9.22. The Morgan fingerprint density at radius 1 is 1.04 bits per heavy atom. The molecule has 0 aliphatic carbocycles. The van der Waals surface area contributed by atoms with E-state index < -0.39 is 0 Å². The van der Waals surface area contributed by atoms with Crippen molar-refractivity contribution < 1.29 is 4.74 Å². The first-order valence-corrected chi connectivity index (χ1v) is 9.06. The summed E-state index contributed by atoms with van der Waals surface area (Å²) in [7, 11) is 0. The third-order valence-electron chi connectivity index (χ3n) is 3.55. The molecule has 23 heavy (non-hydrogen) atoms. The molecule has 1 atom stereocenters. The van der Waals surface area contributed by atoms with Crippen molar-refractivity contribution in [2.45, 2.75) is 39.5 Å². The Hall–Kier alpha value is -0.550. The summed E-state index contributed by atoms with van der Waals surface area (Å²) < 4.78 is 7.88. The van der Waals surface area contributed by atoms with Crippen LogP contribution in [0.2, 0.25) is 0 Å². The van der Waals surface area contributed by atoms with Crippen LogP contribution in [-0.4, -0.2) is 6.04 Å². The van der Waals surface area contributed by atoms with Gasteiger partial charge in [0.1, 0.15) is 12.4 Å². The minimum atomic E-state index is 0. The van der Waals surface area contributed by atoms with Gasteiger partial charge in [-0.2, -0.15) is 0 Å². The van der Waals surface area contributed by atoms with Crippen molar-refractivity contribution in [3.05, 3.63) is 62.5 Å². The van der Waals surface area contributed by atoms with E-state index in [9.17, 15) is 0 Å². The molecule has 0 saturated carbocycles. The Balaban J connectivity index is 0.00000264. The lowest BCUT2D eigenvalue weighted by Crippen LogP contribution is -2.24. The first-order chi connectivity index (χ1) is 10.6. The molecule has 2 rings (SSSR count). The summed E-state index contributed by atoms with van der Waals surface area (Å²) >= 11 is 7.23. The fourth-order valence-corrected chi connectivity index (χ4v) is 3.53. The molecule has 2 nitrogen and oxygen atoms in total. The van der Waals surface area contributed by atoms with Gasteiger partial charge in [0.2, 0.25) is 0 Å². The van der Waals surface area contributed by atoms with Crippen LogP contribution in [0.25, 0.3) is 0 Å². The number of hydrogen-bond acceptors (Lipinski definition) is 2. The predicted octanol–water partition coefficient (Wildman–Crippen LogP) is 6.10. The molecule has 2 aromatic carbocycles. The van der Waals surface area contributed by atoms with E-state index in [4.69, 9.17) is 4.74 Å². The maximum Gasteiger partial charge on any atom is 0.148 e. The summed E-state index contributed by atoms with van der Waals surface area (Å²) in [5.74, 6) is 0.844. The molecule has 0 fully saturated rings. The van der Waals surface area contributed by atoms with Crippen molar-refractivity contribution in [3.8, 4) is 5.75 Å². The second-order valence-corrected chi connectivity index (χ2v) is 7.06. The predicted molar refractivity (Wildman–Crippen MR) is 106 cm³/mol. The average molecular weight is 464 g/mol. The van der Waals surface area contributed by atoms with Crippen LogP contribution in [0.4, 0.5) is 0 Å². The van der Waals surface area contributed by atoms with Gasteiger partial charge >= 0.3 is 0 Å². The van der Waals surface area contributed by atoms with Crippen molar-refractivity contribution in [3.63, 3.8) is 0 Å². The zero-order chi connectivity index (χ0) is 15.9. The summed E-state index contributed by atoms with van der Waals surface area (Å²) in [5, 5.41) is 3.50. The van der Waals surface area contributed by atoms with Crippen LogP contribution in [0.3, 0.4) is 0 Å². The van der Waals surface area contributed by atoms with Gasteiger partial charge in [-0.15, -0.1) is 12.4 Å². The molecule has 126 valence electrons. The quantitative estimate of drug-likeness (QED) is 0.536. The number of halogens is 3. The van der Waals surface area contributed by atoms with Crippen molar-refractivity contribution in [1.82, 2.24) is 5.32 Å². The lowest BCUT2D eigenvalue weighted by molar-refractivity contribution is 0.302. The number of hydrogen-bond donors (Lipinski definition) is 1. The summed E-state index contributed by atoms with van der Waals surface area (Å²) in [4.78, 5) is 0. The maximum atomic E-state index is 5.94. The Bertz CT molecular complexity index is 584.